The average Bonchev–Trinajstić information content (AvgIpc) is 2.99. The minimum absolute atomic E-state index is 0.0163. The summed E-state index contributed by atoms with van der Waals surface area (Å²) < 4.78 is 0. The maximum atomic E-state index is 11.1. The van der Waals surface area contributed by atoms with Gasteiger partial charge in [-0.3, -0.25) is 14.9 Å². The van der Waals surface area contributed by atoms with E-state index in [1.165, 1.54) is 13.0 Å². The Labute approximate surface area is 138 Å². The summed E-state index contributed by atoms with van der Waals surface area (Å²) in [5.74, 6) is -0.0163. The fourth-order valence-electron chi connectivity index (χ4n) is 2.15. The predicted molar refractivity (Wildman–Crippen MR) is 91.4 cm³/mol. The monoisotopic (exact) mass is 333 g/mol. The predicted octanol–water partition coefficient (Wildman–Crippen LogP) is 2.94. The number of nitro groups is 1. The molecule has 0 radical (unpaired) electrons. The Morgan fingerprint density at radius 3 is 2.74 bits per heavy atom. The van der Waals surface area contributed by atoms with Gasteiger partial charge >= 0.3 is 0 Å². The van der Waals surface area contributed by atoms with Crippen molar-refractivity contribution < 1.29 is 9.72 Å². The number of nitro benzene ring substituents is 1. The Morgan fingerprint density at radius 1 is 1.22 bits per heavy atom. The van der Waals surface area contributed by atoms with E-state index in [0.29, 0.717) is 18.7 Å². The first kappa shape index (κ1) is 17.1. The van der Waals surface area contributed by atoms with Gasteiger partial charge in [0.2, 0.25) is 5.91 Å². The van der Waals surface area contributed by atoms with Crippen molar-refractivity contribution in [2.75, 3.05) is 13.1 Å². The molecule has 0 aliphatic rings. The van der Waals surface area contributed by atoms with E-state index >= 15 is 0 Å². The first-order chi connectivity index (χ1) is 11.1. The van der Waals surface area contributed by atoms with E-state index in [2.05, 4.69) is 10.6 Å². The van der Waals surface area contributed by atoms with Gasteiger partial charge in [0.1, 0.15) is 0 Å². The maximum Gasteiger partial charge on any atom is 0.278 e. The zero-order valence-corrected chi connectivity index (χ0v) is 13.7. The molecule has 6 nitrogen and oxygen atoms in total. The van der Waals surface area contributed by atoms with Crippen LogP contribution in [0.2, 0.25) is 0 Å². The van der Waals surface area contributed by atoms with Crippen LogP contribution in [0, 0.1) is 10.1 Å². The fourth-order valence-corrected chi connectivity index (χ4v) is 3.16. The van der Waals surface area contributed by atoms with Gasteiger partial charge < -0.3 is 10.6 Å². The lowest BCUT2D eigenvalue weighted by Gasteiger charge is -2.03. The average molecular weight is 333 g/mol. The third-order valence-corrected chi connectivity index (χ3v) is 4.35. The lowest BCUT2D eigenvalue weighted by molar-refractivity contribution is -0.384. The molecular weight excluding hydrogens is 314 g/mol. The molecule has 0 unspecified atom stereocenters. The summed E-state index contributed by atoms with van der Waals surface area (Å²) in [6, 6.07) is 10.7. The van der Waals surface area contributed by atoms with Gasteiger partial charge in [-0.2, -0.15) is 0 Å². The number of hydrogen-bond acceptors (Lipinski definition) is 5. The molecule has 0 atom stereocenters. The van der Waals surface area contributed by atoms with Gasteiger partial charge in [0.15, 0.2) is 0 Å². The van der Waals surface area contributed by atoms with Crippen LogP contribution in [0.1, 0.15) is 18.2 Å². The summed E-state index contributed by atoms with van der Waals surface area (Å²) in [6.45, 7) is 3.68. The van der Waals surface area contributed by atoms with Crippen LogP contribution in [-0.2, 0) is 11.3 Å². The highest BCUT2D eigenvalue weighted by molar-refractivity contribution is 7.15. The number of para-hydroxylation sites is 1. The standard InChI is InChI=1S/C16H19N3O3S/c1-12(20)18-10-4-9-17-11-13-7-8-16(23-13)14-5-2-3-6-15(14)19(21)22/h2-3,5-8,17H,4,9-11H2,1H3,(H,18,20). The Balaban J connectivity index is 1.89. The molecule has 0 bridgehead atoms. The Hall–Kier alpha value is -2.25. The number of benzene rings is 1. The normalized spacial score (nSPS) is 10.5. The van der Waals surface area contributed by atoms with Crippen molar-refractivity contribution in [2.24, 2.45) is 0 Å². The molecule has 1 aromatic carbocycles. The summed E-state index contributed by atoms with van der Waals surface area (Å²) in [6.07, 6.45) is 0.863. The van der Waals surface area contributed by atoms with Crippen molar-refractivity contribution in [3.05, 3.63) is 51.4 Å². The van der Waals surface area contributed by atoms with Gasteiger partial charge in [0.05, 0.1) is 10.5 Å². The molecule has 122 valence electrons. The number of carbonyl (C=O) groups excluding carboxylic acids is 1. The minimum atomic E-state index is -0.352. The topological polar surface area (TPSA) is 84.3 Å². The molecule has 1 heterocycles. The zero-order chi connectivity index (χ0) is 16.7. The Bertz CT molecular complexity index is 685. The molecule has 0 spiro atoms. The van der Waals surface area contributed by atoms with Crippen LogP contribution < -0.4 is 10.6 Å². The number of amides is 1. The first-order valence-electron chi connectivity index (χ1n) is 7.35. The van der Waals surface area contributed by atoms with Gasteiger partial charge in [0.25, 0.3) is 5.69 Å². The van der Waals surface area contributed by atoms with E-state index < -0.39 is 0 Å². The lowest BCUT2D eigenvalue weighted by atomic mass is 10.1. The minimum Gasteiger partial charge on any atom is -0.356 e. The second-order valence-electron chi connectivity index (χ2n) is 5.05. The number of rotatable bonds is 8. The van der Waals surface area contributed by atoms with Crippen molar-refractivity contribution in [3.63, 3.8) is 0 Å². The number of thiophene rings is 1. The third-order valence-electron chi connectivity index (χ3n) is 3.23. The van der Waals surface area contributed by atoms with E-state index in [-0.39, 0.29) is 16.5 Å². The van der Waals surface area contributed by atoms with Crippen LogP contribution >= 0.6 is 11.3 Å². The molecule has 0 aliphatic carbocycles. The van der Waals surface area contributed by atoms with E-state index in [4.69, 9.17) is 0 Å². The first-order valence-corrected chi connectivity index (χ1v) is 8.17. The second kappa shape index (κ2) is 8.40. The summed E-state index contributed by atoms with van der Waals surface area (Å²) in [5.41, 5.74) is 0.781. The van der Waals surface area contributed by atoms with Crippen molar-refractivity contribution in [2.45, 2.75) is 19.9 Å². The number of hydrogen-bond donors (Lipinski definition) is 2. The molecule has 2 aromatic rings. The Morgan fingerprint density at radius 2 is 2.00 bits per heavy atom. The molecule has 0 fully saturated rings. The number of carbonyl (C=O) groups is 1. The van der Waals surface area contributed by atoms with Gasteiger partial charge in [0, 0.05) is 35.8 Å². The molecule has 0 saturated carbocycles. The molecule has 7 heteroatoms. The van der Waals surface area contributed by atoms with Gasteiger partial charge in [-0.25, -0.2) is 0 Å². The second-order valence-corrected chi connectivity index (χ2v) is 6.22. The quantitative estimate of drug-likeness (QED) is 0.442. The largest absolute Gasteiger partial charge is 0.356 e. The van der Waals surface area contributed by atoms with Gasteiger partial charge in [-0.15, -0.1) is 11.3 Å². The van der Waals surface area contributed by atoms with Crippen LogP contribution in [0.4, 0.5) is 5.69 Å². The molecule has 0 aliphatic heterocycles. The van der Waals surface area contributed by atoms with Crippen LogP contribution in [0.15, 0.2) is 36.4 Å². The molecule has 1 aromatic heterocycles. The van der Waals surface area contributed by atoms with Crippen molar-refractivity contribution >= 4 is 22.9 Å². The third kappa shape index (κ3) is 5.15. The molecule has 0 saturated heterocycles. The molecule has 23 heavy (non-hydrogen) atoms. The van der Waals surface area contributed by atoms with Crippen LogP contribution in [0.3, 0.4) is 0 Å². The highest BCUT2D eigenvalue weighted by Crippen LogP contribution is 2.34. The Kier molecular flexibility index (Phi) is 6.25. The van der Waals surface area contributed by atoms with E-state index in [9.17, 15) is 14.9 Å². The highest BCUT2D eigenvalue weighted by atomic mass is 32.1. The number of nitrogens with one attached hydrogen (secondary N) is 2. The molecule has 1 amide bonds. The van der Waals surface area contributed by atoms with Crippen LogP contribution in [-0.4, -0.2) is 23.9 Å². The highest BCUT2D eigenvalue weighted by Gasteiger charge is 2.15. The van der Waals surface area contributed by atoms with Gasteiger partial charge in [-0.1, -0.05) is 12.1 Å². The summed E-state index contributed by atoms with van der Waals surface area (Å²) >= 11 is 1.55. The SMILES string of the molecule is CC(=O)NCCCNCc1ccc(-c2ccccc2[N+](=O)[O-])s1. The maximum absolute atomic E-state index is 11.1. The van der Waals surface area contributed by atoms with Crippen molar-refractivity contribution in [3.8, 4) is 10.4 Å². The fraction of sp³-hybridized carbons (Fsp3) is 0.312. The summed E-state index contributed by atoms with van der Waals surface area (Å²) in [5, 5.41) is 17.1. The summed E-state index contributed by atoms with van der Waals surface area (Å²) in [4.78, 5) is 23.5. The van der Waals surface area contributed by atoms with Crippen LogP contribution in [0.25, 0.3) is 10.4 Å². The zero-order valence-electron chi connectivity index (χ0n) is 12.9. The van der Waals surface area contributed by atoms with Gasteiger partial charge in [-0.05, 0) is 31.2 Å². The molecular formula is C16H19N3O3S. The van der Waals surface area contributed by atoms with E-state index in [0.717, 1.165) is 22.7 Å². The van der Waals surface area contributed by atoms with Crippen LogP contribution in [0.5, 0.6) is 0 Å². The summed E-state index contributed by atoms with van der Waals surface area (Å²) in [7, 11) is 0. The lowest BCUT2D eigenvalue weighted by Crippen LogP contribution is -2.24. The van der Waals surface area contributed by atoms with Crippen molar-refractivity contribution in [1.82, 2.24) is 10.6 Å². The van der Waals surface area contributed by atoms with E-state index in [1.54, 1.807) is 23.5 Å². The van der Waals surface area contributed by atoms with E-state index in [1.807, 2.05) is 18.2 Å². The number of nitrogens with zero attached hydrogens (tertiary/aromatic N) is 1. The van der Waals surface area contributed by atoms with Crippen molar-refractivity contribution in [1.29, 1.82) is 0 Å². The molecule has 2 rings (SSSR count). The molecule has 2 N–H and O–H groups in total. The smallest absolute Gasteiger partial charge is 0.278 e.